The summed E-state index contributed by atoms with van der Waals surface area (Å²) in [5.74, 6) is -1.57. The molecule has 2 heterocycles. The van der Waals surface area contributed by atoms with Crippen LogP contribution in [0.1, 0.15) is 16.8 Å². The molecule has 4 heteroatoms. The van der Waals surface area contributed by atoms with Crippen molar-refractivity contribution >= 4 is 10.9 Å². The van der Waals surface area contributed by atoms with Crippen LogP contribution in [0.15, 0.2) is 42.5 Å². The topological polar surface area (TPSA) is 19.0 Å². The highest BCUT2D eigenvalue weighted by atomic mass is 19.2. The zero-order valence-corrected chi connectivity index (χ0v) is 12.1. The van der Waals surface area contributed by atoms with Crippen LogP contribution in [-0.2, 0) is 19.5 Å². The molecule has 0 unspecified atom stereocenters. The molecule has 4 rings (SSSR count). The highest BCUT2D eigenvalue weighted by Gasteiger charge is 2.20. The van der Waals surface area contributed by atoms with E-state index in [1.54, 1.807) is 6.07 Å². The van der Waals surface area contributed by atoms with Gasteiger partial charge in [0, 0.05) is 36.2 Å². The summed E-state index contributed by atoms with van der Waals surface area (Å²) in [5.41, 5.74) is 4.59. The number of hydrogen-bond donors (Lipinski definition) is 1. The molecule has 112 valence electrons. The lowest BCUT2D eigenvalue weighted by atomic mass is 10.0. The highest BCUT2D eigenvalue weighted by molar-refractivity contribution is 5.84. The third-order valence-electron chi connectivity index (χ3n) is 4.35. The maximum Gasteiger partial charge on any atom is 0.159 e. The lowest BCUT2D eigenvalue weighted by Gasteiger charge is -2.27. The van der Waals surface area contributed by atoms with Gasteiger partial charge in [0.2, 0.25) is 0 Å². The van der Waals surface area contributed by atoms with Crippen molar-refractivity contribution in [2.75, 3.05) is 6.54 Å². The number of hydrogen-bond acceptors (Lipinski definition) is 1. The van der Waals surface area contributed by atoms with Crippen LogP contribution in [0.25, 0.3) is 10.9 Å². The van der Waals surface area contributed by atoms with Crippen LogP contribution in [0, 0.1) is 11.6 Å². The van der Waals surface area contributed by atoms with Gasteiger partial charge in [-0.15, -0.1) is 0 Å². The average Bonchev–Trinajstić information content (AvgIpc) is 2.88. The summed E-state index contributed by atoms with van der Waals surface area (Å²) >= 11 is 0. The largest absolute Gasteiger partial charge is 0.357 e. The average molecular weight is 298 g/mol. The van der Waals surface area contributed by atoms with E-state index >= 15 is 0 Å². The molecule has 0 atom stereocenters. The number of nitrogens with zero attached hydrogens (tertiary/aromatic N) is 1. The van der Waals surface area contributed by atoms with Crippen LogP contribution >= 0.6 is 0 Å². The summed E-state index contributed by atoms with van der Waals surface area (Å²) in [6, 6.07) is 12.5. The fourth-order valence-corrected chi connectivity index (χ4v) is 3.28. The number of rotatable bonds is 2. The van der Waals surface area contributed by atoms with E-state index in [1.807, 2.05) is 6.07 Å². The normalized spacial score (nSPS) is 15.2. The second-order valence-corrected chi connectivity index (χ2v) is 5.84. The number of fused-ring (bicyclic) bond motifs is 3. The third-order valence-corrected chi connectivity index (χ3v) is 4.35. The van der Waals surface area contributed by atoms with E-state index in [0.29, 0.717) is 6.54 Å². The van der Waals surface area contributed by atoms with Gasteiger partial charge in [-0.3, -0.25) is 4.90 Å². The van der Waals surface area contributed by atoms with Crippen LogP contribution in [-0.4, -0.2) is 16.4 Å². The summed E-state index contributed by atoms with van der Waals surface area (Å²) < 4.78 is 26.3. The number of aromatic nitrogens is 1. The van der Waals surface area contributed by atoms with Gasteiger partial charge < -0.3 is 4.98 Å². The molecule has 1 N–H and O–H groups in total. The highest BCUT2D eigenvalue weighted by Crippen LogP contribution is 2.28. The molecule has 2 aromatic carbocycles. The van der Waals surface area contributed by atoms with Crippen molar-refractivity contribution in [3.8, 4) is 0 Å². The van der Waals surface area contributed by atoms with Gasteiger partial charge in [-0.25, -0.2) is 8.78 Å². The van der Waals surface area contributed by atoms with E-state index in [-0.39, 0.29) is 0 Å². The fourth-order valence-electron chi connectivity index (χ4n) is 3.28. The molecule has 3 aromatic rings. The second-order valence-electron chi connectivity index (χ2n) is 5.84. The Morgan fingerprint density at radius 1 is 1.05 bits per heavy atom. The van der Waals surface area contributed by atoms with E-state index in [1.165, 1.54) is 34.3 Å². The summed E-state index contributed by atoms with van der Waals surface area (Å²) in [5, 5.41) is 1.30. The smallest absolute Gasteiger partial charge is 0.159 e. The van der Waals surface area contributed by atoms with Crippen molar-refractivity contribution in [2.45, 2.75) is 19.5 Å². The Hall–Kier alpha value is -2.20. The minimum absolute atomic E-state index is 0.631. The van der Waals surface area contributed by atoms with Gasteiger partial charge >= 0.3 is 0 Å². The molecule has 0 radical (unpaired) electrons. The zero-order valence-electron chi connectivity index (χ0n) is 12.1. The third kappa shape index (κ3) is 2.29. The van der Waals surface area contributed by atoms with Crippen molar-refractivity contribution < 1.29 is 8.78 Å². The first-order chi connectivity index (χ1) is 10.7. The lowest BCUT2D eigenvalue weighted by molar-refractivity contribution is 0.243. The van der Waals surface area contributed by atoms with Gasteiger partial charge in [-0.05, 0) is 35.7 Å². The first kappa shape index (κ1) is 13.5. The van der Waals surface area contributed by atoms with Crippen LogP contribution < -0.4 is 0 Å². The van der Waals surface area contributed by atoms with E-state index in [0.717, 1.165) is 25.1 Å². The molecule has 1 aliphatic rings. The molecule has 0 fully saturated rings. The van der Waals surface area contributed by atoms with Crippen LogP contribution in [0.2, 0.25) is 0 Å². The maximum absolute atomic E-state index is 13.3. The summed E-state index contributed by atoms with van der Waals surface area (Å²) in [4.78, 5) is 5.73. The minimum atomic E-state index is -0.791. The first-order valence-corrected chi connectivity index (χ1v) is 7.45. The summed E-state index contributed by atoms with van der Waals surface area (Å²) in [7, 11) is 0. The molecular formula is C18H16F2N2. The molecule has 2 nitrogen and oxygen atoms in total. The molecule has 22 heavy (non-hydrogen) atoms. The SMILES string of the molecule is Fc1ccc(CN2CCc3c([nH]c4ccccc34)C2)cc1F. The standard InChI is InChI=1S/C18H16F2N2/c19-15-6-5-12(9-16(15)20)10-22-8-7-14-13-3-1-2-4-17(13)21-18(14)11-22/h1-6,9,21H,7-8,10-11H2. The monoisotopic (exact) mass is 298 g/mol. The number of para-hydroxylation sites is 1. The van der Waals surface area contributed by atoms with Crippen molar-refractivity contribution in [3.63, 3.8) is 0 Å². The lowest BCUT2D eigenvalue weighted by Crippen LogP contribution is -2.29. The van der Waals surface area contributed by atoms with Crippen LogP contribution in [0.3, 0.4) is 0 Å². The quantitative estimate of drug-likeness (QED) is 0.757. The van der Waals surface area contributed by atoms with E-state index in [2.05, 4.69) is 28.1 Å². The van der Waals surface area contributed by atoms with Gasteiger partial charge in [0.1, 0.15) is 0 Å². The van der Waals surface area contributed by atoms with Gasteiger partial charge in [0.15, 0.2) is 11.6 Å². The molecule has 0 saturated heterocycles. The Morgan fingerprint density at radius 3 is 2.77 bits per heavy atom. The molecule has 0 saturated carbocycles. The predicted octanol–water partition coefficient (Wildman–Crippen LogP) is 4.00. The minimum Gasteiger partial charge on any atom is -0.357 e. The molecule has 0 spiro atoms. The van der Waals surface area contributed by atoms with Crippen molar-refractivity contribution in [3.05, 3.63) is 70.9 Å². The summed E-state index contributed by atoms with van der Waals surface area (Å²) in [6.45, 7) is 2.36. The van der Waals surface area contributed by atoms with E-state index in [4.69, 9.17) is 0 Å². The number of benzene rings is 2. The number of halogens is 2. The molecule has 0 aliphatic carbocycles. The predicted molar refractivity (Wildman–Crippen MR) is 82.5 cm³/mol. The zero-order chi connectivity index (χ0) is 15.1. The van der Waals surface area contributed by atoms with Crippen molar-refractivity contribution in [1.82, 2.24) is 9.88 Å². The van der Waals surface area contributed by atoms with Crippen molar-refractivity contribution in [1.29, 1.82) is 0 Å². The number of H-pyrrole nitrogens is 1. The Morgan fingerprint density at radius 2 is 1.91 bits per heavy atom. The number of nitrogens with one attached hydrogen (secondary N) is 1. The number of aromatic amines is 1. The Kier molecular flexibility index (Phi) is 3.19. The Labute approximate surface area is 127 Å². The second kappa shape index (κ2) is 5.21. The molecular weight excluding hydrogens is 282 g/mol. The van der Waals surface area contributed by atoms with Crippen LogP contribution in [0.4, 0.5) is 8.78 Å². The molecule has 0 amide bonds. The van der Waals surface area contributed by atoms with Crippen molar-refractivity contribution in [2.24, 2.45) is 0 Å². The van der Waals surface area contributed by atoms with Gasteiger partial charge in [0.05, 0.1) is 0 Å². The van der Waals surface area contributed by atoms with E-state index in [9.17, 15) is 8.78 Å². The Bertz CT molecular complexity index is 838. The first-order valence-electron chi connectivity index (χ1n) is 7.45. The Balaban J connectivity index is 1.57. The van der Waals surface area contributed by atoms with Gasteiger partial charge in [-0.1, -0.05) is 24.3 Å². The van der Waals surface area contributed by atoms with Gasteiger partial charge in [0.25, 0.3) is 0 Å². The maximum atomic E-state index is 13.3. The molecule has 1 aromatic heterocycles. The van der Waals surface area contributed by atoms with Crippen LogP contribution in [0.5, 0.6) is 0 Å². The molecule has 1 aliphatic heterocycles. The summed E-state index contributed by atoms with van der Waals surface area (Å²) in [6.07, 6.45) is 0.975. The van der Waals surface area contributed by atoms with E-state index < -0.39 is 11.6 Å². The van der Waals surface area contributed by atoms with Gasteiger partial charge in [-0.2, -0.15) is 0 Å². The molecule has 0 bridgehead atoms. The fraction of sp³-hybridized carbons (Fsp3) is 0.222.